The molecule has 1 heterocycles. The maximum atomic E-state index is 12.3. The summed E-state index contributed by atoms with van der Waals surface area (Å²) >= 11 is 0. The molecule has 0 aromatic rings. The van der Waals surface area contributed by atoms with Gasteiger partial charge in [-0.3, -0.25) is 4.79 Å². The van der Waals surface area contributed by atoms with Crippen LogP contribution in [0, 0.1) is 17.3 Å². The van der Waals surface area contributed by atoms with Crippen LogP contribution in [-0.4, -0.2) is 41.1 Å². The highest BCUT2D eigenvalue weighted by Crippen LogP contribution is 2.25. The normalized spacial score (nSPS) is 18.7. The number of likely N-dealkylation sites (tertiary alicyclic amines) is 1. The summed E-state index contributed by atoms with van der Waals surface area (Å²) in [4.78, 5) is 25.1. The van der Waals surface area contributed by atoms with Crippen LogP contribution < -0.4 is 5.32 Å². The van der Waals surface area contributed by atoms with Crippen molar-refractivity contribution in [2.24, 2.45) is 17.3 Å². The van der Waals surface area contributed by atoms with E-state index in [2.05, 4.69) is 19.2 Å². The van der Waals surface area contributed by atoms with E-state index in [1.807, 2.05) is 25.7 Å². The lowest BCUT2D eigenvalue weighted by molar-refractivity contribution is -0.138. The molecule has 0 spiro atoms. The van der Waals surface area contributed by atoms with E-state index < -0.39 is 5.97 Å². The molecule has 1 aliphatic heterocycles. The quantitative estimate of drug-likeness (QED) is 0.838. The number of amides is 2. The lowest BCUT2D eigenvalue weighted by atomic mass is 9.84. The molecule has 122 valence electrons. The van der Waals surface area contributed by atoms with Gasteiger partial charge in [0.25, 0.3) is 0 Å². The van der Waals surface area contributed by atoms with Gasteiger partial charge < -0.3 is 15.3 Å². The van der Waals surface area contributed by atoms with E-state index in [0.717, 1.165) is 25.9 Å². The van der Waals surface area contributed by atoms with Gasteiger partial charge in [-0.25, -0.2) is 4.79 Å². The van der Waals surface area contributed by atoms with E-state index in [1.165, 1.54) is 0 Å². The Kier molecular flexibility index (Phi) is 6.05. The number of aliphatic carboxylic acids is 1. The number of urea groups is 1. The van der Waals surface area contributed by atoms with Crippen molar-refractivity contribution in [3.05, 3.63) is 0 Å². The van der Waals surface area contributed by atoms with Gasteiger partial charge in [-0.15, -0.1) is 0 Å². The molecule has 0 saturated carbocycles. The second-order valence-corrected chi connectivity index (χ2v) is 7.53. The Balaban J connectivity index is 2.57. The molecule has 1 fully saturated rings. The van der Waals surface area contributed by atoms with Gasteiger partial charge in [0.05, 0.1) is 6.42 Å². The molecule has 1 atom stereocenters. The van der Waals surface area contributed by atoms with Crippen molar-refractivity contribution in [3.8, 4) is 0 Å². The number of carboxylic acid groups (broad SMARTS) is 1. The lowest BCUT2D eigenvalue weighted by Gasteiger charge is -2.37. The molecule has 0 aromatic carbocycles. The van der Waals surface area contributed by atoms with Crippen molar-refractivity contribution < 1.29 is 14.7 Å². The fraction of sp³-hybridized carbons (Fsp3) is 0.875. The molecule has 1 rings (SSSR count). The van der Waals surface area contributed by atoms with Gasteiger partial charge in [0.2, 0.25) is 0 Å². The van der Waals surface area contributed by atoms with Crippen LogP contribution in [-0.2, 0) is 4.79 Å². The Hall–Kier alpha value is -1.26. The third-order valence-electron chi connectivity index (χ3n) is 4.49. The van der Waals surface area contributed by atoms with Gasteiger partial charge in [0.1, 0.15) is 0 Å². The number of carboxylic acids is 1. The van der Waals surface area contributed by atoms with Gasteiger partial charge >= 0.3 is 12.0 Å². The summed E-state index contributed by atoms with van der Waals surface area (Å²) in [5, 5.41) is 11.9. The average molecular weight is 298 g/mol. The van der Waals surface area contributed by atoms with Crippen molar-refractivity contribution in [1.29, 1.82) is 0 Å². The Morgan fingerprint density at radius 1 is 1.24 bits per heavy atom. The number of carbonyl (C=O) groups excluding carboxylic acids is 1. The molecule has 0 aromatic heterocycles. The summed E-state index contributed by atoms with van der Waals surface area (Å²) < 4.78 is 0. The van der Waals surface area contributed by atoms with E-state index >= 15 is 0 Å². The zero-order chi connectivity index (χ0) is 16.2. The highest BCUT2D eigenvalue weighted by atomic mass is 16.4. The van der Waals surface area contributed by atoms with Crippen molar-refractivity contribution in [2.75, 3.05) is 13.1 Å². The maximum Gasteiger partial charge on any atom is 0.317 e. The number of rotatable bonds is 4. The molecule has 5 heteroatoms. The summed E-state index contributed by atoms with van der Waals surface area (Å²) in [5.74, 6) is 0.463. The minimum absolute atomic E-state index is 0.0439. The number of hydrogen-bond acceptors (Lipinski definition) is 2. The van der Waals surface area contributed by atoms with Gasteiger partial charge in [-0.05, 0) is 30.1 Å². The second-order valence-electron chi connectivity index (χ2n) is 7.53. The zero-order valence-corrected chi connectivity index (χ0v) is 14.0. The molecule has 1 saturated heterocycles. The van der Waals surface area contributed by atoms with Crippen molar-refractivity contribution in [1.82, 2.24) is 10.2 Å². The van der Waals surface area contributed by atoms with Crippen LogP contribution >= 0.6 is 0 Å². The van der Waals surface area contributed by atoms with Crippen LogP contribution in [0.3, 0.4) is 0 Å². The molecule has 0 radical (unpaired) electrons. The zero-order valence-electron chi connectivity index (χ0n) is 14.0. The second kappa shape index (κ2) is 7.14. The average Bonchev–Trinajstić information content (AvgIpc) is 2.36. The minimum Gasteiger partial charge on any atom is -0.481 e. The first-order valence-electron chi connectivity index (χ1n) is 7.88. The fourth-order valence-electron chi connectivity index (χ4n) is 2.76. The van der Waals surface area contributed by atoms with Crippen molar-refractivity contribution in [2.45, 2.75) is 59.9 Å². The molecule has 2 N–H and O–H groups in total. The molecule has 5 nitrogen and oxygen atoms in total. The Morgan fingerprint density at radius 3 is 2.14 bits per heavy atom. The van der Waals surface area contributed by atoms with Crippen molar-refractivity contribution in [3.63, 3.8) is 0 Å². The van der Waals surface area contributed by atoms with Gasteiger partial charge in [-0.1, -0.05) is 34.6 Å². The third-order valence-corrected chi connectivity index (χ3v) is 4.49. The topological polar surface area (TPSA) is 69.6 Å². The number of nitrogens with one attached hydrogen (secondary N) is 1. The first kappa shape index (κ1) is 17.8. The molecule has 1 aliphatic rings. The van der Waals surface area contributed by atoms with Crippen LogP contribution in [0.4, 0.5) is 4.79 Å². The van der Waals surface area contributed by atoms with Crippen LogP contribution in [0.2, 0.25) is 0 Å². The SMILES string of the molecule is CC(C)C1CCN(C(=O)NC(CC(=O)O)C(C)(C)C)CC1. The molecule has 0 aliphatic carbocycles. The summed E-state index contributed by atoms with van der Waals surface area (Å²) in [5.41, 5.74) is -0.274. The number of nitrogens with zero attached hydrogens (tertiary/aromatic N) is 1. The molecular formula is C16H30N2O3. The number of piperidine rings is 1. The molecule has 1 unspecified atom stereocenters. The van der Waals surface area contributed by atoms with Crippen LogP contribution in [0.1, 0.15) is 53.9 Å². The molecule has 2 amide bonds. The minimum atomic E-state index is -0.881. The maximum absolute atomic E-state index is 12.3. The summed E-state index contributed by atoms with van der Waals surface area (Å²) in [7, 11) is 0. The van der Waals surface area contributed by atoms with E-state index in [0.29, 0.717) is 11.8 Å². The van der Waals surface area contributed by atoms with Crippen LogP contribution in [0.5, 0.6) is 0 Å². The van der Waals surface area contributed by atoms with E-state index in [4.69, 9.17) is 5.11 Å². The highest BCUT2D eigenvalue weighted by Gasteiger charge is 2.31. The Bertz CT molecular complexity index is 366. The van der Waals surface area contributed by atoms with E-state index in [9.17, 15) is 9.59 Å². The number of hydrogen-bond donors (Lipinski definition) is 2. The van der Waals surface area contributed by atoms with Crippen LogP contribution in [0.15, 0.2) is 0 Å². The first-order chi connectivity index (χ1) is 9.61. The first-order valence-corrected chi connectivity index (χ1v) is 7.88. The van der Waals surface area contributed by atoms with E-state index in [1.54, 1.807) is 0 Å². The summed E-state index contributed by atoms with van der Waals surface area (Å²) in [6.45, 7) is 11.8. The third kappa shape index (κ3) is 5.56. The predicted octanol–water partition coefficient (Wildman–Crippen LogP) is 2.95. The molecular weight excluding hydrogens is 268 g/mol. The predicted molar refractivity (Wildman–Crippen MR) is 83.2 cm³/mol. The van der Waals surface area contributed by atoms with E-state index in [-0.39, 0.29) is 23.9 Å². The largest absolute Gasteiger partial charge is 0.481 e. The van der Waals surface area contributed by atoms with Gasteiger partial charge in [0.15, 0.2) is 0 Å². The standard InChI is InChI=1S/C16H30N2O3/c1-11(2)12-6-8-18(9-7-12)15(21)17-13(10-14(19)20)16(3,4)5/h11-13H,6-10H2,1-5H3,(H,17,21)(H,19,20). The summed E-state index contributed by atoms with van der Waals surface area (Å²) in [6, 6.07) is -0.483. The number of carbonyl (C=O) groups is 2. The Labute approximate surface area is 128 Å². The highest BCUT2D eigenvalue weighted by molar-refractivity contribution is 5.76. The van der Waals surface area contributed by atoms with Gasteiger partial charge in [-0.2, -0.15) is 0 Å². The smallest absolute Gasteiger partial charge is 0.317 e. The molecule has 0 bridgehead atoms. The Morgan fingerprint density at radius 2 is 1.76 bits per heavy atom. The van der Waals surface area contributed by atoms with Crippen LogP contribution in [0.25, 0.3) is 0 Å². The monoisotopic (exact) mass is 298 g/mol. The lowest BCUT2D eigenvalue weighted by Crippen LogP contribution is -2.52. The summed E-state index contributed by atoms with van der Waals surface area (Å²) in [6.07, 6.45) is 2.02. The fourth-order valence-corrected chi connectivity index (χ4v) is 2.76. The molecule has 21 heavy (non-hydrogen) atoms. The van der Waals surface area contributed by atoms with Gasteiger partial charge in [0, 0.05) is 19.1 Å². The van der Waals surface area contributed by atoms with Crippen molar-refractivity contribution >= 4 is 12.0 Å².